The van der Waals surface area contributed by atoms with Crippen LogP contribution in [0.15, 0.2) is 48.8 Å². The van der Waals surface area contributed by atoms with Crippen molar-refractivity contribution in [1.29, 1.82) is 0 Å². The first-order chi connectivity index (χ1) is 7.92. The molecule has 16 heavy (non-hydrogen) atoms. The van der Waals surface area contributed by atoms with Gasteiger partial charge in [0.15, 0.2) is 0 Å². The van der Waals surface area contributed by atoms with Gasteiger partial charge in [-0.1, -0.05) is 12.1 Å². The van der Waals surface area contributed by atoms with Gasteiger partial charge in [0.2, 0.25) is 0 Å². The van der Waals surface area contributed by atoms with E-state index in [4.69, 9.17) is 5.73 Å². The summed E-state index contributed by atoms with van der Waals surface area (Å²) in [6, 6.07) is 11.9. The molecular formula is C13H15N3. The largest absolute Gasteiger partial charge is 0.330 e. The van der Waals surface area contributed by atoms with E-state index in [-0.39, 0.29) is 5.92 Å². The number of nitrogens with two attached hydrogens (primary N) is 1. The summed E-state index contributed by atoms with van der Waals surface area (Å²) >= 11 is 0. The summed E-state index contributed by atoms with van der Waals surface area (Å²) < 4.78 is 0. The van der Waals surface area contributed by atoms with Gasteiger partial charge in [-0.25, -0.2) is 0 Å². The van der Waals surface area contributed by atoms with Crippen molar-refractivity contribution in [3.05, 3.63) is 60.2 Å². The lowest BCUT2D eigenvalue weighted by molar-refractivity contribution is 0.686. The minimum atomic E-state index is 0.201. The lowest BCUT2D eigenvalue weighted by Crippen LogP contribution is -2.11. The third kappa shape index (κ3) is 2.44. The summed E-state index contributed by atoms with van der Waals surface area (Å²) in [5.74, 6) is 0.201. The van der Waals surface area contributed by atoms with Crippen LogP contribution >= 0.6 is 0 Å². The zero-order chi connectivity index (χ0) is 11.2. The Balaban J connectivity index is 2.31. The topological polar surface area (TPSA) is 51.8 Å². The third-order valence-electron chi connectivity index (χ3n) is 2.54. The summed E-state index contributed by atoms with van der Waals surface area (Å²) in [5, 5.41) is 0. The van der Waals surface area contributed by atoms with Gasteiger partial charge in [-0.3, -0.25) is 9.97 Å². The first-order valence-corrected chi connectivity index (χ1v) is 5.43. The molecule has 0 radical (unpaired) electrons. The Labute approximate surface area is 95.4 Å². The Morgan fingerprint density at radius 1 is 0.938 bits per heavy atom. The van der Waals surface area contributed by atoms with E-state index in [2.05, 4.69) is 9.97 Å². The lowest BCUT2D eigenvalue weighted by Gasteiger charge is -2.14. The van der Waals surface area contributed by atoms with Gasteiger partial charge in [-0.05, 0) is 37.2 Å². The van der Waals surface area contributed by atoms with E-state index < -0.39 is 0 Å². The molecule has 82 valence electrons. The van der Waals surface area contributed by atoms with Crippen molar-refractivity contribution >= 4 is 0 Å². The van der Waals surface area contributed by atoms with Crippen LogP contribution in [-0.4, -0.2) is 16.5 Å². The second-order valence-corrected chi connectivity index (χ2v) is 3.64. The van der Waals surface area contributed by atoms with E-state index in [0.29, 0.717) is 6.54 Å². The Kier molecular flexibility index (Phi) is 3.62. The van der Waals surface area contributed by atoms with Crippen LogP contribution < -0.4 is 5.73 Å². The molecular weight excluding hydrogens is 198 g/mol. The predicted octanol–water partition coefficient (Wildman–Crippen LogP) is 1.96. The van der Waals surface area contributed by atoms with Crippen molar-refractivity contribution in [2.75, 3.05) is 6.54 Å². The Hall–Kier alpha value is -1.74. The summed E-state index contributed by atoms with van der Waals surface area (Å²) in [5.41, 5.74) is 7.72. The van der Waals surface area contributed by atoms with E-state index in [1.807, 2.05) is 48.8 Å². The van der Waals surface area contributed by atoms with E-state index in [1.54, 1.807) is 0 Å². The number of rotatable bonds is 4. The molecule has 2 aromatic rings. The molecule has 0 fully saturated rings. The van der Waals surface area contributed by atoms with Crippen LogP contribution in [0.1, 0.15) is 23.7 Å². The second-order valence-electron chi connectivity index (χ2n) is 3.64. The maximum Gasteiger partial charge on any atom is 0.0494 e. The number of nitrogens with zero attached hydrogens (tertiary/aromatic N) is 2. The average Bonchev–Trinajstić information content (AvgIpc) is 2.38. The van der Waals surface area contributed by atoms with Crippen LogP contribution in [0.2, 0.25) is 0 Å². The molecule has 0 spiro atoms. The van der Waals surface area contributed by atoms with E-state index in [0.717, 1.165) is 17.8 Å². The molecule has 0 bridgehead atoms. The number of hydrogen-bond acceptors (Lipinski definition) is 3. The monoisotopic (exact) mass is 213 g/mol. The van der Waals surface area contributed by atoms with Crippen molar-refractivity contribution in [2.24, 2.45) is 5.73 Å². The third-order valence-corrected chi connectivity index (χ3v) is 2.54. The highest BCUT2D eigenvalue weighted by molar-refractivity contribution is 5.22. The molecule has 2 aromatic heterocycles. The van der Waals surface area contributed by atoms with E-state index >= 15 is 0 Å². The fourth-order valence-electron chi connectivity index (χ4n) is 1.78. The highest BCUT2D eigenvalue weighted by Crippen LogP contribution is 2.23. The summed E-state index contributed by atoms with van der Waals surface area (Å²) in [6.07, 6.45) is 4.48. The zero-order valence-corrected chi connectivity index (χ0v) is 9.08. The van der Waals surface area contributed by atoms with Gasteiger partial charge in [-0.2, -0.15) is 0 Å². The Bertz CT molecular complexity index is 374. The fourth-order valence-corrected chi connectivity index (χ4v) is 1.78. The van der Waals surface area contributed by atoms with Crippen LogP contribution in [0.4, 0.5) is 0 Å². The first kappa shape index (κ1) is 10.8. The highest BCUT2D eigenvalue weighted by Gasteiger charge is 2.14. The van der Waals surface area contributed by atoms with Gasteiger partial charge in [0.25, 0.3) is 0 Å². The maximum absolute atomic E-state index is 5.65. The minimum Gasteiger partial charge on any atom is -0.330 e. The van der Waals surface area contributed by atoms with Gasteiger partial charge in [0.05, 0.1) is 0 Å². The van der Waals surface area contributed by atoms with Crippen molar-refractivity contribution in [2.45, 2.75) is 12.3 Å². The van der Waals surface area contributed by atoms with Gasteiger partial charge in [-0.15, -0.1) is 0 Å². The molecule has 0 saturated heterocycles. The van der Waals surface area contributed by atoms with Crippen LogP contribution in [0.5, 0.6) is 0 Å². The molecule has 0 aromatic carbocycles. The Morgan fingerprint density at radius 2 is 1.50 bits per heavy atom. The second kappa shape index (κ2) is 5.37. The SMILES string of the molecule is NCCC(c1ccccn1)c1ccccn1. The van der Waals surface area contributed by atoms with E-state index in [9.17, 15) is 0 Å². The molecule has 0 unspecified atom stereocenters. The van der Waals surface area contributed by atoms with Gasteiger partial charge in [0.1, 0.15) is 0 Å². The van der Waals surface area contributed by atoms with Crippen molar-refractivity contribution in [1.82, 2.24) is 9.97 Å². The Morgan fingerprint density at radius 3 is 1.88 bits per heavy atom. The van der Waals surface area contributed by atoms with Crippen LogP contribution in [0.3, 0.4) is 0 Å². The molecule has 0 aliphatic heterocycles. The smallest absolute Gasteiger partial charge is 0.0494 e. The van der Waals surface area contributed by atoms with Crippen LogP contribution in [0, 0.1) is 0 Å². The van der Waals surface area contributed by atoms with Crippen LogP contribution in [-0.2, 0) is 0 Å². The average molecular weight is 213 g/mol. The molecule has 0 aliphatic carbocycles. The molecule has 2 heterocycles. The lowest BCUT2D eigenvalue weighted by atomic mass is 9.96. The van der Waals surface area contributed by atoms with Gasteiger partial charge < -0.3 is 5.73 Å². The molecule has 0 saturated carbocycles. The molecule has 3 heteroatoms. The van der Waals surface area contributed by atoms with Gasteiger partial charge >= 0.3 is 0 Å². The number of hydrogen-bond donors (Lipinski definition) is 1. The highest BCUT2D eigenvalue weighted by atomic mass is 14.7. The van der Waals surface area contributed by atoms with Crippen molar-refractivity contribution < 1.29 is 0 Å². The fraction of sp³-hybridized carbons (Fsp3) is 0.231. The molecule has 0 amide bonds. The predicted molar refractivity (Wildman–Crippen MR) is 64.0 cm³/mol. The van der Waals surface area contributed by atoms with Crippen molar-refractivity contribution in [3.8, 4) is 0 Å². The molecule has 2 rings (SSSR count). The molecule has 3 nitrogen and oxygen atoms in total. The summed E-state index contributed by atoms with van der Waals surface area (Å²) in [6.45, 7) is 0.637. The number of aromatic nitrogens is 2. The standard InChI is InChI=1S/C13H15N3/c14-8-7-11(12-5-1-3-9-15-12)13-6-2-4-10-16-13/h1-6,9-11H,7-8,14H2. The normalized spacial score (nSPS) is 10.6. The van der Waals surface area contributed by atoms with Crippen LogP contribution in [0.25, 0.3) is 0 Å². The zero-order valence-electron chi connectivity index (χ0n) is 9.08. The quantitative estimate of drug-likeness (QED) is 0.844. The van der Waals surface area contributed by atoms with E-state index in [1.165, 1.54) is 0 Å². The summed E-state index contributed by atoms with van der Waals surface area (Å²) in [4.78, 5) is 8.76. The molecule has 0 aliphatic rings. The maximum atomic E-state index is 5.65. The summed E-state index contributed by atoms with van der Waals surface area (Å²) in [7, 11) is 0. The minimum absolute atomic E-state index is 0.201. The van der Waals surface area contributed by atoms with Crippen molar-refractivity contribution in [3.63, 3.8) is 0 Å². The number of pyridine rings is 2. The first-order valence-electron chi connectivity index (χ1n) is 5.43. The molecule has 2 N–H and O–H groups in total. The molecule has 0 atom stereocenters. The van der Waals surface area contributed by atoms with Gasteiger partial charge in [0, 0.05) is 29.7 Å².